The minimum atomic E-state index is -1.34. The Labute approximate surface area is 210 Å². The van der Waals surface area contributed by atoms with Crippen LogP contribution in [-0.2, 0) is 30.4 Å². The van der Waals surface area contributed by atoms with Crippen LogP contribution in [0.1, 0.15) is 59.1 Å². The molecular formula is C23H38N6O7. The summed E-state index contributed by atoms with van der Waals surface area (Å²) in [5.41, 5.74) is 6.48. The van der Waals surface area contributed by atoms with E-state index < -0.39 is 66.2 Å². The number of imidazole rings is 1. The summed E-state index contributed by atoms with van der Waals surface area (Å²) in [4.78, 5) is 68.2. The second-order valence-corrected chi connectivity index (χ2v) is 9.28. The fourth-order valence-corrected chi connectivity index (χ4v) is 3.47. The molecule has 5 atom stereocenters. The van der Waals surface area contributed by atoms with Crippen LogP contribution in [0.5, 0.6) is 0 Å². The van der Waals surface area contributed by atoms with Gasteiger partial charge < -0.3 is 36.9 Å². The number of carbonyl (C=O) groups is 5. The number of carboxylic acids is 2. The molecule has 1 aromatic heterocycles. The van der Waals surface area contributed by atoms with Gasteiger partial charge in [0, 0.05) is 24.7 Å². The Hall–Kier alpha value is -3.48. The first-order valence-electron chi connectivity index (χ1n) is 11.9. The third-order valence-corrected chi connectivity index (χ3v) is 5.73. The minimum absolute atomic E-state index is 0.00383. The van der Waals surface area contributed by atoms with Gasteiger partial charge in [-0.2, -0.15) is 0 Å². The van der Waals surface area contributed by atoms with E-state index in [1.165, 1.54) is 12.5 Å². The molecule has 1 rings (SSSR count). The van der Waals surface area contributed by atoms with Gasteiger partial charge in [-0.3, -0.25) is 19.2 Å². The number of aromatic nitrogens is 2. The monoisotopic (exact) mass is 510 g/mol. The van der Waals surface area contributed by atoms with Gasteiger partial charge in [0.2, 0.25) is 17.7 Å². The van der Waals surface area contributed by atoms with Crippen LogP contribution in [0.25, 0.3) is 0 Å². The summed E-state index contributed by atoms with van der Waals surface area (Å²) in [6, 6.07) is -4.58. The Morgan fingerprint density at radius 1 is 1.00 bits per heavy atom. The summed E-state index contributed by atoms with van der Waals surface area (Å²) in [6.45, 7) is 7.22. The molecule has 0 saturated carbocycles. The molecular weight excluding hydrogens is 472 g/mol. The van der Waals surface area contributed by atoms with Gasteiger partial charge in [-0.1, -0.05) is 34.1 Å². The van der Waals surface area contributed by atoms with Crippen molar-refractivity contribution in [2.24, 2.45) is 17.6 Å². The molecule has 0 fully saturated rings. The van der Waals surface area contributed by atoms with E-state index in [2.05, 4.69) is 25.9 Å². The fraction of sp³-hybridized carbons (Fsp3) is 0.652. The first-order valence-corrected chi connectivity index (χ1v) is 11.9. The molecule has 13 nitrogen and oxygen atoms in total. The molecule has 0 aliphatic rings. The summed E-state index contributed by atoms with van der Waals surface area (Å²) >= 11 is 0. The number of nitrogens with one attached hydrogen (secondary N) is 4. The maximum absolute atomic E-state index is 13.2. The molecule has 5 unspecified atom stereocenters. The van der Waals surface area contributed by atoms with Gasteiger partial charge in [0.15, 0.2) is 0 Å². The molecule has 0 aliphatic carbocycles. The van der Waals surface area contributed by atoms with Crippen LogP contribution >= 0.6 is 0 Å². The van der Waals surface area contributed by atoms with Gasteiger partial charge in [-0.25, -0.2) is 9.78 Å². The Morgan fingerprint density at radius 2 is 1.61 bits per heavy atom. The SMILES string of the molecule is CCC(C)C(NC(=O)C(CCC(=O)O)NC(=O)C(Cc1cnc[nH]1)NC(=O)C(N)CC(C)C)C(=O)O. The maximum atomic E-state index is 13.2. The molecule has 0 aliphatic heterocycles. The molecule has 1 aromatic rings. The normalized spacial score (nSPS) is 15.3. The van der Waals surface area contributed by atoms with E-state index >= 15 is 0 Å². The van der Waals surface area contributed by atoms with Crippen molar-refractivity contribution >= 4 is 29.7 Å². The van der Waals surface area contributed by atoms with E-state index in [1.807, 2.05) is 13.8 Å². The second-order valence-electron chi connectivity index (χ2n) is 9.28. The summed E-state index contributed by atoms with van der Waals surface area (Å²) in [6.07, 6.45) is 3.01. The molecule has 13 heteroatoms. The lowest BCUT2D eigenvalue weighted by Crippen LogP contribution is -2.58. The van der Waals surface area contributed by atoms with Crippen molar-refractivity contribution in [2.75, 3.05) is 0 Å². The molecule has 202 valence electrons. The highest BCUT2D eigenvalue weighted by Gasteiger charge is 2.32. The van der Waals surface area contributed by atoms with Crippen LogP contribution in [0.15, 0.2) is 12.5 Å². The number of H-pyrrole nitrogens is 1. The number of hydrogen-bond acceptors (Lipinski definition) is 7. The van der Waals surface area contributed by atoms with E-state index in [9.17, 15) is 29.1 Å². The predicted octanol–water partition coefficient (Wildman–Crippen LogP) is -0.224. The number of rotatable bonds is 16. The van der Waals surface area contributed by atoms with Crippen molar-refractivity contribution in [1.29, 1.82) is 0 Å². The van der Waals surface area contributed by atoms with Crippen molar-refractivity contribution in [3.63, 3.8) is 0 Å². The summed E-state index contributed by atoms with van der Waals surface area (Å²) in [7, 11) is 0. The summed E-state index contributed by atoms with van der Waals surface area (Å²) in [5, 5.41) is 26.0. The van der Waals surface area contributed by atoms with Crippen molar-refractivity contribution < 1.29 is 34.2 Å². The average Bonchev–Trinajstić information content (AvgIpc) is 3.31. The lowest BCUT2D eigenvalue weighted by molar-refractivity contribution is -0.144. The average molecular weight is 511 g/mol. The quantitative estimate of drug-likeness (QED) is 0.156. The van der Waals surface area contributed by atoms with Gasteiger partial charge in [-0.15, -0.1) is 0 Å². The van der Waals surface area contributed by atoms with E-state index in [1.54, 1.807) is 13.8 Å². The van der Waals surface area contributed by atoms with Crippen LogP contribution in [0.3, 0.4) is 0 Å². The van der Waals surface area contributed by atoms with Crippen LogP contribution in [0.4, 0.5) is 0 Å². The number of nitrogens with zero attached hydrogens (tertiary/aromatic N) is 1. The Bertz CT molecular complexity index is 890. The Morgan fingerprint density at radius 3 is 2.11 bits per heavy atom. The Kier molecular flexibility index (Phi) is 12.6. The third kappa shape index (κ3) is 10.4. The number of hydrogen-bond donors (Lipinski definition) is 7. The van der Waals surface area contributed by atoms with E-state index in [0.29, 0.717) is 18.5 Å². The molecule has 1 heterocycles. The van der Waals surface area contributed by atoms with Crippen LogP contribution in [0.2, 0.25) is 0 Å². The number of aromatic amines is 1. The minimum Gasteiger partial charge on any atom is -0.481 e. The zero-order chi connectivity index (χ0) is 27.4. The van der Waals surface area contributed by atoms with Crippen molar-refractivity contribution in [3.05, 3.63) is 18.2 Å². The predicted molar refractivity (Wildman–Crippen MR) is 129 cm³/mol. The summed E-state index contributed by atoms with van der Waals surface area (Å²) < 4.78 is 0. The first-order chi connectivity index (χ1) is 16.8. The van der Waals surface area contributed by atoms with Crippen LogP contribution < -0.4 is 21.7 Å². The van der Waals surface area contributed by atoms with Gasteiger partial charge in [0.1, 0.15) is 18.1 Å². The first kappa shape index (κ1) is 30.6. The van der Waals surface area contributed by atoms with E-state index in [4.69, 9.17) is 10.8 Å². The molecule has 8 N–H and O–H groups in total. The molecule has 0 radical (unpaired) electrons. The highest BCUT2D eigenvalue weighted by Crippen LogP contribution is 2.10. The number of nitrogens with two attached hydrogens (primary N) is 1. The van der Waals surface area contributed by atoms with E-state index in [-0.39, 0.29) is 18.8 Å². The zero-order valence-corrected chi connectivity index (χ0v) is 21.1. The van der Waals surface area contributed by atoms with Crippen LogP contribution in [-0.4, -0.2) is 74.0 Å². The smallest absolute Gasteiger partial charge is 0.326 e. The topological polar surface area (TPSA) is 217 Å². The lowest BCUT2D eigenvalue weighted by Gasteiger charge is -2.26. The number of aliphatic carboxylic acids is 2. The molecule has 0 aromatic carbocycles. The Balaban J connectivity index is 3.10. The highest BCUT2D eigenvalue weighted by atomic mass is 16.4. The van der Waals surface area contributed by atoms with Gasteiger partial charge in [0.25, 0.3) is 0 Å². The molecule has 0 spiro atoms. The standard InChI is InChI=1S/C23H38N6O7/c1-5-13(4)19(23(35)36)29-21(33)16(6-7-18(30)31)27-22(34)17(9-14-10-25-11-26-14)28-20(32)15(24)8-12(2)3/h10-13,15-17,19H,5-9,24H2,1-4H3,(H,25,26)(H,27,34)(H,28,32)(H,29,33)(H,30,31)(H,35,36). The number of carboxylic acid groups (broad SMARTS) is 2. The van der Waals surface area contributed by atoms with Crippen molar-refractivity contribution in [2.45, 2.75) is 84.0 Å². The molecule has 3 amide bonds. The van der Waals surface area contributed by atoms with Gasteiger partial charge >= 0.3 is 11.9 Å². The number of carbonyl (C=O) groups excluding carboxylic acids is 3. The maximum Gasteiger partial charge on any atom is 0.326 e. The number of amides is 3. The van der Waals surface area contributed by atoms with Gasteiger partial charge in [0.05, 0.1) is 12.4 Å². The van der Waals surface area contributed by atoms with Crippen molar-refractivity contribution in [3.8, 4) is 0 Å². The fourth-order valence-electron chi connectivity index (χ4n) is 3.47. The molecule has 0 bridgehead atoms. The molecule has 0 saturated heterocycles. The lowest BCUT2D eigenvalue weighted by atomic mass is 9.98. The third-order valence-electron chi connectivity index (χ3n) is 5.73. The highest BCUT2D eigenvalue weighted by molar-refractivity contribution is 5.94. The zero-order valence-electron chi connectivity index (χ0n) is 21.1. The summed E-state index contributed by atoms with van der Waals surface area (Å²) in [5.74, 6) is -4.85. The van der Waals surface area contributed by atoms with E-state index in [0.717, 1.165) is 0 Å². The van der Waals surface area contributed by atoms with Crippen LogP contribution in [0, 0.1) is 11.8 Å². The second kappa shape index (κ2) is 14.8. The molecule has 36 heavy (non-hydrogen) atoms. The van der Waals surface area contributed by atoms with Gasteiger partial charge in [-0.05, 0) is 24.7 Å². The van der Waals surface area contributed by atoms with Crippen molar-refractivity contribution in [1.82, 2.24) is 25.9 Å². The largest absolute Gasteiger partial charge is 0.481 e.